The summed E-state index contributed by atoms with van der Waals surface area (Å²) in [6.07, 6.45) is 1.76. The highest BCUT2D eigenvalue weighted by Crippen LogP contribution is 2.42. The van der Waals surface area contributed by atoms with Gasteiger partial charge in [0, 0.05) is 43.9 Å². The topological polar surface area (TPSA) is 64.7 Å². The summed E-state index contributed by atoms with van der Waals surface area (Å²) in [5.41, 5.74) is 2.27. The van der Waals surface area contributed by atoms with Gasteiger partial charge >= 0.3 is 0 Å². The first kappa shape index (κ1) is 19.8. The quantitative estimate of drug-likeness (QED) is 0.635. The second-order valence-electron chi connectivity index (χ2n) is 8.52. The number of piperidine rings is 1. The molecule has 6 heteroatoms. The number of ether oxygens (including phenoxy) is 1. The SMILES string of the molecule is COCc1ccc(C(=O)N2C[C@H]3C[C@@H](C2)[C@H](Cc2ccccc2)n2c3cccc2=O)o1. The van der Waals surface area contributed by atoms with Crippen LogP contribution in [0.1, 0.15) is 46.0 Å². The van der Waals surface area contributed by atoms with Crippen LogP contribution in [0.3, 0.4) is 0 Å². The van der Waals surface area contributed by atoms with Crippen molar-refractivity contribution in [3.05, 3.63) is 93.8 Å². The highest BCUT2D eigenvalue weighted by atomic mass is 16.5. The first-order chi connectivity index (χ1) is 15.1. The van der Waals surface area contributed by atoms with Crippen molar-refractivity contribution in [3.8, 4) is 0 Å². The van der Waals surface area contributed by atoms with E-state index in [-0.39, 0.29) is 29.3 Å². The van der Waals surface area contributed by atoms with Crippen LogP contribution in [0.2, 0.25) is 0 Å². The van der Waals surface area contributed by atoms with Gasteiger partial charge in [0.15, 0.2) is 5.76 Å². The monoisotopic (exact) mass is 418 g/mol. The van der Waals surface area contributed by atoms with Crippen molar-refractivity contribution in [1.82, 2.24) is 9.47 Å². The Morgan fingerprint density at radius 2 is 1.90 bits per heavy atom. The summed E-state index contributed by atoms with van der Waals surface area (Å²) in [7, 11) is 1.60. The fourth-order valence-electron chi connectivity index (χ4n) is 5.19. The molecule has 1 saturated heterocycles. The number of carbonyl (C=O) groups is 1. The van der Waals surface area contributed by atoms with Crippen molar-refractivity contribution >= 4 is 5.91 Å². The van der Waals surface area contributed by atoms with Crippen LogP contribution in [0.4, 0.5) is 0 Å². The van der Waals surface area contributed by atoms with Crippen LogP contribution in [0, 0.1) is 5.92 Å². The van der Waals surface area contributed by atoms with E-state index in [9.17, 15) is 9.59 Å². The van der Waals surface area contributed by atoms with Crippen LogP contribution >= 0.6 is 0 Å². The number of amides is 1. The molecule has 4 heterocycles. The number of fused-ring (bicyclic) bond motifs is 4. The molecule has 0 unspecified atom stereocenters. The Balaban J connectivity index is 1.47. The molecule has 2 aliphatic heterocycles. The second kappa shape index (κ2) is 8.19. The Labute approximate surface area is 181 Å². The summed E-state index contributed by atoms with van der Waals surface area (Å²) in [6.45, 7) is 1.55. The van der Waals surface area contributed by atoms with E-state index in [0.29, 0.717) is 31.2 Å². The normalized spacial score (nSPS) is 22.2. The fraction of sp³-hybridized carbons (Fsp3) is 0.360. The van der Waals surface area contributed by atoms with Crippen LogP contribution in [-0.2, 0) is 17.8 Å². The lowest BCUT2D eigenvalue weighted by Crippen LogP contribution is -2.51. The van der Waals surface area contributed by atoms with Crippen molar-refractivity contribution in [3.63, 3.8) is 0 Å². The minimum Gasteiger partial charge on any atom is -0.453 e. The number of furan rings is 1. The molecule has 6 nitrogen and oxygen atoms in total. The lowest BCUT2D eigenvalue weighted by atomic mass is 9.76. The van der Waals surface area contributed by atoms with Gasteiger partial charge in [-0.05, 0) is 42.5 Å². The molecule has 0 spiro atoms. The van der Waals surface area contributed by atoms with Crippen LogP contribution in [0.15, 0.2) is 69.9 Å². The van der Waals surface area contributed by atoms with E-state index in [2.05, 4.69) is 12.1 Å². The van der Waals surface area contributed by atoms with Crippen molar-refractivity contribution in [2.75, 3.05) is 20.2 Å². The first-order valence-corrected chi connectivity index (χ1v) is 10.8. The van der Waals surface area contributed by atoms with E-state index in [1.807, 2.05) is 39.8 Å². The van der Waals surface area contributed by atoms with Gasteiger partial charge < -0.3 is 18.6 Å². The molecular weight excluding hydrogens is 392 g/mol. The molecule has 2 bridgehead atoms. The molecule has 1 fully saturated rings. The Hall–Kier alpha value is -3.12. The Bertz CT molecular complexity index is 1130. The highest BCUT2D eigenvalue weighted by molar-refractivity contribution is 5.91. The number of benzene rings is 1. The Kier molecular flexibility index (Phi) is 5.24. The number of nitrogens with zero attached hydrogens (tertiary/aromatic N) is 2. The number of aromatic nitrogens is 1. The zero-order valence-electron chi connectivity index (χ0n) is 17.6. The molecule has 0 aliphatic carbocycles. The summed E-state index contributed by atoms with van der Waals surface area (Å²) in [4.78, 5) is 28.0. The lowest BCUT2D eigenvalue weighted by Gasteiger charge is -2.47. The Morgan fingerprint density at radius 3 is 2.71 bits per heavy atom. The molecule has 1 aromatic carbocycles. The third kappa shape index (κ3) is 3.72. The average molecular weight is 418 g/mol. The van der Waals surface area contributed by atoms with Gasteiger partial charge in [0.05, 0.1) is 0 Å². The van der Waals surface area contributed by atoms with Gasteiger partial charge in [-0.2, -0.15) is 0 Å². The van der Waals surface area contributed by atoms with Gasteiger partial charge in [0.25, 0.3) is 11.5 Å². The summed E-state index contributed by atoms with van der Waals surface area (Å²) in [6, 6.07) is 19.3. The molecule has 3 aromatic rings. The van der Waals surface area contributed by atoms with Crippen molar-refractivity contribution < 1.29 is 13.9 Å². The Morgan fingerprint density at radius 1 is 1.06 bits per heavy atom. The standard InChI is InChI=1S/C25H26N2O4/c1-30-16-20-10-11-23(31-20)25(29)26-14-18-13-19(15-26)22(12-17-6-3-2-4-7-17)27-21(18)8-5-9-24(27)28/h2-11,18-19,22H,12-16H2,1H3/t18-,19+,22+/m1/s1. The van der Waals surface area contributed by atoms with Crippen LogP contribution < -0.4 is 5.56 Å². The van der Waals surface area contributed by atoms with Gasteiger partial charge in [0.1, 0.15) is 12.4 Å². The van der Waals surface area contributed by atoms with Crippen molar-refractivity contribution in [1.29, 1.82) is 0 Å². The molecule has 0 N–H and O–H groups in total. The predicted molar refractivity (Wildman–Crippen MR) is 116 cm³/mol. The van der Waals surface area contributed by atoms with Gasteiger partial charge in [-0.3, -0.25) is 9.59 Å². The maximum absolute atomic E-state index is 13.2. The van der Waals surface area contributed by atoms with E-state index in [1.54, 1.807) is 25.3 Å². The lowest BCUT2D eigenvalue weighted by molar-refractivity contribution is 0.0494. The zero-order valence-corrected chi connectivity index (χ0v) is 17.6. The molecule has 31 heavy (non-hydrogen) atoms. The van der Waals surface area contributed by atoms with E-state index in [4.69, 9.17) is 9.15 Å². The van der Waals surface area contributed by atoms with E-state index >= 15 is 0 Å². The maximum Gasteiger partial charge on any atom is 0.289 e. The molecule has 5 rings (SSSR count). The number of hydrogen-bond acceptors (Lipinski definition) is 4. The third-order valence-electron chi connectivity index (χ3n) is 6.53. The van der Waals surface area contributed by atoms with Crippen molar-refractivity contribution in [2.24, 2.45) is 5.92 Å². The summed E-state index contributed by atoms with van der Waals surface area (Å²) < 4.78 is 12.8. The minimum atomic E-state index is -0.0951. The van der Waals surface area contributed by atoms with Gasteiger partial charge in [0.2, 0.25) is 0 Å². The maximum atomic E-state index is 13.2. The van der Waals surface area contributed by atoms with Gasteiger partial charge in [-0.25, -0.2) is 0 Å². The molecule has 1 amide bonds. The smallest absolute Gasteiger partial charge is 0.289 e. The number of likely N-dealkylation sites (tertiary alicyclic amines) is 1. The fourth-order valence-corrected chi connectivity index (χ4v) is 5.19. The summed E-state index contributed by atoms with van der Waals surface area (Å²) in [5, 5.41) is 0. The number of pyridine rings is 1. The highest BCUT2D eigenvalue weighted by Gasteiger charge is 2.42. The number of rotatable bonds is 5. The number of carbonyl (C=O) groups excluding carboxylic acids is 1. The molecule has 3 atom stereocenters. The minimum absolute atomic E-state index is 0.0265. The summed E-state index contributed by atoms with van der Waals surface area (Å²) >= 11 is 0. The van der Waals surface area contributed by atoms with E-state index in [0.717, 1.165) is 18.5 Å². The average Bonchev–Trinajstić information content (AvgIpc) is 3.26. The zero-order chi connectivity index (χ0) is 21.4. The molecule has 2 aliphatic rings. The largest absolute Gasteiger partial charge is 0.453 e. The van der Waals surface area contributed by atoms with Gasteiger partial charge in [-0.1, -0.05) is 36.4 Å². The molecule has 0 saturated carbocycles. The molecule has 0 radical (unpaired) electrons. The third-order valence-corrected chi connectivity index (χ3v) is 6.53. The van der Waals surface area contributed by atoms with Crippen LogP contribution in [0.5, 0.6) is 0 Å². The first-order valence-electron chi connectivity index (χ1n) is 10.8. The van der Waals surface area contributed by atoms with Crippen LogP contribution in [0.25, 0.3) is 0 Å². The number of hydrogen-bond donors (Lipinski definition) is 0. The van der Waals surface area contributed by atoms with Crippen molar-refractivity contribution in [2.45, 2.75) is 31.4 Å². The number of methoxy groups -OCH3 is 1. The molecular formula is C25H26N2O4. The van der Waals surface area contributed by atoms with E-state index < -0.39 is 0 Å². The summed E-state index contributed by atoms with van der Waals surface area (Å²) in [5.74, 6) is 1.25. The molecule has 160 valence electrons. The van der Waals surface area contributed by atoms with Crippen LogP contribution in [-0.4, -0.2) is 35.6 Å². The predicted octanol–water partition coefficient (Wildman–Crippen LogP) is 3.63. The molecule has 2 aromatic heterocycles. The second-order valence-corrected chi connectivity index (χ2v) is 8.52. The van der Waals surface area contributed by atoms with Gasteiger partial charge in [-0.15, -0.1) is 0 Å². The van der Waals surface area contributed by atoms with E-state index in [1.165, 1.54) is 5.56 Å².